The number of ether oxygens (including phenoxy) is 1. The summed E-state index contributed by atoms with van der Waals surface area (Å²) in [5.74, 6) is -0.890. The van der Waals surface area contributed by atoms with Gasteiger partial charge in [0.05, 0.1) is 5.52 Å². The van der Waals surface area contributed by atoms with Crippen LogP contribution in [0.25, 0.3) is 10.9 Å². The molecule has 0 saturated heterocycles. The summed E-state index contributed by atoms with van der Waals surface area (Å²) >= 11 is 0. The zero-order valence-corrected chi connectivity index (χ0v) is 14.8. The topological polar surface area (TPSA) is 88.5 Å². The number of nitrogens with zero attached hydrogens (tertiary/aromatic N) is 1. The standard InChI is InChI=1S/C19H24N2O4/c1-19(2,3)25-18(24)21-15(7-9-17(22)23)12-13-6-8-16-14(11-13)5-4-10-20-16/h4-6,8,10-11,15H,7,9,12H2,1-3H3,(H,21,24)(H,22,23). The van der Waals surface area contributed by atoms with Gasteiger partial charge in [-0.15, -0.1) is 0 Å². The number of alkyl carbamates (subject to hydrolysis) is 1. The lowest BCUT2D eigenvalue weighted by molar-refractivity contribution is -0.137. The number of carbonyl (C=O) groups excluding carboxylic acids is 1. The van der Waals surface area contributed by atoms with Crippen molar-refractivity contribution < 1.29 is 19.4 Å². The van der Waals surface area contributed by atoms with Gasteiger partial charge in [-0.3, -0.25) is 9.78 Å². The summed E-state index contributed by atoms with van der Waals surface area (Å²) in [4.78, 5) is 27.2. The third kappa shape index (κ3) is 6.41. The highest BCUT2D eigenvalue weighted by molar-refractivity contribution is 5.79. The summed E-state index contributed by atoms with van der Waals surface area (Å²) in [5.41, 5.74) is 1.30. The number of rotatable bonds is 6. The quantitative estimate of drug-likeness (QED) is 0.837. The second-order valence-electron chi connectivity index (χ2n) is 7.01. The summed E-state index contributed by atoms with van der Waals surface area (Å²) in [5, 5.41) is 12.7. The minimum Gasteiger partial charge on any atom is -0.481 e. The first-order chi connectivity index (χ1) is 11.7. The fourth-order valence-electron chi connectivity index (χ4n) is 2.53. The van der Waals surface area contributed by atoms with Crippen molar-refractivity contribution in [2.24, 2.45) is 0 Å². The van der Waals surface area contributed by atoms with Crippen molar-refractivity contribution >= 4 is 23.0 Å². The average Bonchev–Trinajstić information content (AvgIpc) is 2.50. The first kappa shape index (κ1) is 18.7. The molecule has 0 bridgehead atoms. The van der Waals surface area contributed by atoms with Crippen molar-refractivity contribution in [3.8, 4) is 0 Å². The number of nitrogens with one attached hydrogen (secondary N) is 1. The Morgan fingerprint density at radius 3 is 2.72 bits per heavy atom. The molecule has 0 radical (unpaired) electrons. The minimum atomic E-state index is -0.890. The van der Waals surface area contributed by atoms with E-state index in [0.29, 0.717) is 12.8 Å². The van der Waals surface area contributed by atoms with E-state index in [-0.39, 0.29) is 12.5 Å². The molecule has 0 aliphatic carbocycles. The highest BCUT2D eigenvalue weighted by Gasteiger charge is 2.20. The van der Waals surface area contributed by atoms with E-state index >= 15 is 0 Å². The molecule has 0 saturated carbocycles. The van der Waals surface area contributed by atoms with Crippen LogP contribution in [0.15, 0.2) is 36.5 Å². The molecule has 0 aliphatic heterocycles. The maximum atomic E-state index is 12.0. The number of hydrogen-bond acceptors (Lipinski definition) is 4. The Bertz CT molecular complexity index is 752. The Morgan fingerprint density at radius 1 is 1.28 bits per heavy atom. The molecule has 6 heteroatoms. The molecule has 2 rings (SSSR count). The van der Waals surface area contributed by atoms with Crippen LogP contribution in [0.5, 0.6) is 0 Å². The van der Waals surface area contributed by atoms with Crippen LogP contribution in [0, 0.1) is 0 Å². The van der Waals surface area contributed by atoms with Gasteiger partial charge in [0.2, 0.25) is 0 Å². The predicted octanol–water partition coefficient (Wildman–Crippen LogP) is 3.54. The summed E-state index contributed by atoms with van der Waals surface area (Å²) in [7, 11) is 0. The molecular weight excluding hydrogens is 320 g/mol. The first-order valence-electron chi connectivity index (χ1n) is 8.28. The van der Waals surface area contributed by atoms with Crippen molar-refractivity contribution in [1.82, 2.24) is 10.3 Å². The van der Waals surface area contributed by atoms with Gasteiger partial charge < -0.3 is 15.2 Å². The number of hydrogen-bond donors (Lipinski definition) is 2. The van der Waals surface area contributed by atoms with Crippen molar-refractivity contribution in [3.05, 3.63) is 42.1 Å². The largest absolute Gasteiger partial charge is 0.481 e. The lowest BCUT2D eigenvalue weighted by atomic mass is 10.0. The zero-order valence-electron chi connectivity index (χ0n) is 14.8. The van der Waals surface area contributed by atoms with Crippen LogP contribution in [-0.2, 0) is 16.0 Å². The van der Waals surface area contributed by atoms with Crippen LogP contribution in [-0.4, -0.2) is 33.8 Å². The number of pyridine rings is 1. The molecule has 1 unspecified atom stereocenters. The van der Waals surface area contributed by atoms with E-state index < -0.39 is 17.7 Å². The van der Waals surface area contributed by atoms with Gasteiger partial charge in [-0.25, -0.2) is 4.79 Å². The van der Waals surface area contributed by atoms with Crippen LogP contribution in [0.4, 0.5) is 4.79 Å². The SMILES string of the molecule is CC(C)(C)OC(=O)NC(CCC(=O)O)Cc1ccc2ncccc2c1. The molecule has 0 spiro atoms. The van der Waals surface area contributed by atoms with Gasteiger partial charge in [0.15, 0.2) is 0 Å². The van der Waals surface area contributed by atoms with E-state index in [0.717, 1.165) is 16.5 Å². The molecule has 2 N–H and O–H groups in total. The fourth-order valence-corrected chi connectivity index (χ4v) is 2.53. The Morgan fingerprint density at radius 2 is 2.04 bits per heavy atom. The van der Waals surface area contributed by atoms with E-state index in [1.165, 1.54) is 0 Å². The van der Waals surface area contributed by atoms with Crippen molar-refractivity contribution in [2.45, 2.75) is 51.7 Å². The number of carboxylic acid groups (broad SMARTS) is 1. The fraction of sp³-hybridized carbons (Fsp3) is 0.421. The molecule has 1 aromatic heterocycles. The monoisotopic (exact) mass is 344 g/mol. The molecule has 1 atom stereocenters. The third-order valence-corrected chi connectivity index (χ3v) is 3.58. The molecule has 0 fully saturated rings. The average molecular weight is 344 g/mol. The molecule has 6 nitrogen and oxygen atoms in total. The van der Waals surface area contributed by atoms with Gasteiger partial charge >= 0.3 is 12.1 Å². The highest BCUT2D eigenvalue weighted by Crippen LogP contribution is 2.16. The van der Waals surface area contributed by atoms with Crippen molar-refractivity contribution in [2.75, 3.05) is 0 Å². The highest BCUT2D eigenvalue weighted by atomic mass is 16.6. The molecule has 134 valence electrons. The molecule has 0 aliphatic rings. The Labute approximate surface area is 147 Å². The van der Waals surface area contributed by atoms with E-state index in [4.69, 9.17) is 9.84 Å². The van der Waals surface area contributed by atoms with E-state index in [2.05, 4.69) is 10.3 Å². The molecule has 25 heavy (non-hydrogen) atoms. The maximum absolute atomic E-state index is 12.0. The van der Waals surface area contributed by atoms with Gasteiger partial charge in [-0.1, -0.05) is 12.1 Å². The van der Waals surface area contributed by atoms with Gasteiger partial charge in [0.1, 0.15) is 5.60 Å². The number of carboxylic acids is 1. The van der Waals surface area contributed by atoms with Crippen LogP contribution in [0.3, 0.4) is 0 Å². The van der Waals surface area contributed by atoms with Crippen LogP contribution in [0.1, 0.15) is 39.2 Å². The molecule has 1 heterocycles. The molecule has 1 amide bonds. The Balaban J connectivity index is 2.10. The van der Waals surface area contributed by atoms with Gasteiger partial charge in [0.25, 0.3) is 0 Å². The summed E-state index contributed by atoms with van der Waals surface area (Å²) in [6.07, 6.45) is 2.04. The molecular formula is C19H24N2O4. The summed E-state index contributed by atoms with van der Waals surface area (Å²) < 4.78 is 5.28. The number of aromatic nitrogens is 1. The normalized spacial score (nSPS) is 12.6. The number of aliphatic carboxylic acids is 1. The third-order valence-electron chi connectivity index (χ3n) is 3.58. The maximum Gasteiger partial charge on any atom is 0.407 e. The lowest BCUT2D eigenvalue weighted by Crippen LogP contribution is -2.40. The molecule has 1 aromatic carbocycles. The number of fused-ring (bicyclic) bond motifs is 1. The van der Waals surface area contributed by atoms with Crippen LogP contribution < -0.4 is 5.32 Å². The minimum absolute atomic E-state index is 0.0183. The number of carbonyl (C=O) groups is 2. The van der Waals surface area contributed by atoms with E-state index in [1.807, 2.05) is 30.3 Å². The van der Waals surface area contributed by atoms with E-state index in [9.17, 15) is 9.59 Å². The second kappa shape index (κ2) is 7.96. The first-order valence-corrected chi connectivity index (χ1v) is 8.28. The van der Waals surface area contributed by atoms with Gasteiger partial charge in [0, 0.05) is 24.0 Å². The second-order valence-corrected chi connectivity index (χ2v) is 7.01. The Kier molecular flexibility index (Phi) is 5.96. The smallest absolute Gasteiger partial charge is 0.407 e. The van der Waals surface area contributed by atoms with Gasteiger partial charge in [-0.2, -0.15) is 0 Å². The lowest BCUT2D eigenvalue weighted by Gasteiger charge is -2.23. The number of amides is 1. The summed E-state index contributed by atoms with van der Waals surface area (Å²) in [6.45, 7) is 5.36. The predicted molar refractivity (Wildman–Crippen MR) is 95.5 cm³/mol. The van der Waals surface area contributed by atoms with Gasteiger partial charge in [-0.05, 0) is 57.4 Å². The van der Waals surface area contributed by atoms with E-state index in [1.54, 1.807) is 27.0 Å². The van der Waals surface area contributed by atoms with Crippen LogP contribution >= 0.6 is 0 Å². The number of benzene rings is 1. The van der Waals surface area contributed by atoms with Crippen LogP contribution in [0.2, 0.25) is 0 Å². The zero-order chi connectivity index (χ0) is 18.4. The summed E-state index contributed by atoms with van der Waals surface area (Å²) in [6, 6.07) is 9.39. The van der Waals surface area contributed by atoms with Crippen molar-refractivity contribution in [1.29, 1.82) is 0 Å². The van der Waals surface area contributed by atoms with Crippen molar-refractivity contribution in [3.63, 3.8) is 0 Å². The Hall–Kier alpha value is -2.63. The molecule has 2 aromatic rings.